The van der Waals surface area contributed by atoms with Crippen molar-refractivity contribution in [2.75, 3.05) is 6.61 Å². The molecule has 0 bridgehead atoms. The molecule has 118 valence electrons. The Morgan fingerprint density at radius 2 is 2.09 bits per heavy atom. The number of hydrogen-bond donors (Lipinski definition) is 0. The van der Waals surface area contributed by atoms with E-state index in [4.69, 9.17) is 4.74 Å². The van der Waals surface area contributed by atoms with Gasteiger partial charge in [0.05, 0.1) is 6.61 Å². The molecule has 1 aromatic carbocycles. The van der Waals surface area contributed by atoms with Crippen LogP contribution in [0.2, 0.25) is 0 Å². The molecule has 0 unspecified atom stereocenters. The average Bonchev–Trinajstić information content (AvgIpc) is 2.83. The maximum atomic E-state index is 12.4. The molecule has 2 saturated carbocycles. The van der Waals surface area contributed by atoms with Gasteiger partial charge >= 0.3 is 0 Å². The monoisotopic (exact) mass is 298 g/mol. The molecule has 2 heteroatoms. The van der Waals surface area contributed by atoms with Crippen molar-refractivity contribution in [1.82, 2.24) is 0 Å². The molecular formula is C20H26O2. The summed E-state index contributed by atoms with van der Waals surface area (Å²) < 4.78 is 5.66. The van der Waals surface area contributed by atoms with E-state index in [9.17, 15) is 4.79 Å². The van der Waals surface area contributed by atoms with E-state index in [1.807, 2.05) is 6.92 Å². The summed E-state index contributed by atoms with van der Waals surface area (Å²) in [5, 5.41) is 0. The first kappa shape index (κ1) is 14.3. The van der Waals surface area contributed by atoms with E-state index in [0.29, 0.717) is 17.6 Å². The number of aryl methyl sites for hydroxylation is 1. The van der Waals surface area contributed by atoms with Crippen LogP contribution in [-0.2, 0) is 11.2 Å². The van der Waals surface area contributed by atoms with Crippen molar-refractivity contribution in [3.63, 3.8) is 0 Å². The van der Waals surface area contributed by atoms with Gasteiger partial charge in [-0.2, -0.15) is 0 Å². The first-order valence-electron chi connectivity index (χ1n) is 8.92. The third-order valence-corrected chi connectivity index (χ3v) is 6.72. The number of benzene rings is 1. The molecule has 0 heterocycles. The number of Topliss-reactive ketones (excluding diaryl/α,β-unsaturated/α-hetero) is 1. The maximum absolute atomic E-state index is 12.4. The Morgan fingerprint density at radius 3 is 2.91 bits per heavy atom. The molecule has 22 heavy (non-hydrogen) atoms. The Kier molecular flexibility index (Phi) is 3.32. The van der Waals surface area contributed by atoms with E-state index in [2.05, 4.69) is 25.1 Å². The van der Waals surface area contributed by atoms with E-state index >= 15 is 0 Å². The molecule has 4 atom stereocenters. The van der Waals surface area contributed by atoms with E-state index in [-0.39, 0.29) is 5.41 Å². The fourth-order valence-electron chi connectivity index (χ4n) is 5.59. The first-order chi connectivity index (χ1) is 10.6. The predicted octanol–water partition coefficient (Wildman–Crippen LogP) is 4.51. The summed E-state index contributed by atoms with van der Waals surface area (Å²) in [6.07, 6.45) is 6.62. The summed E-state index contributed by atoms with van der Waals surface area (Å²) in [5.41, 5.74) is 3.02. The fraction of sp³-hybridized carbons (Fsp3) is 0.650. The Morgan fingerprint density at radius 1 is 1.23 bits per heavy atom. The van der Waals surface area contributed by atoms with Crippen molar-refractivity contribution in [2.24, 2.45) is 17.3 Å². The summed E-state index contributed by atoms with van der Waals surface area (Å²) in [6, 6.07) is 6.69. The van der Waals surface area contributed by atoms with Gasteiger partial charge in [-0.25, -0.2) is 0 Å². The van der Waals surface area contributed by atoms with Crippen LogP contribution in [-0.4, -0.2) is 12.4 Å². The van der Waals surface area contributed by atoms with Gasteiger partial charge in [-0.15, -0.1) is 0 Å². The van der Waals surface area contributed by atoms with Crippen LogP contribution in [0.4, 0.5) is 0 Å². The van der Waals surface area contributed by atoms with E-state index in [0.717, 1.165) is 44.0 Å². The lowest BCUT2D eigenvalue weighted by molar-refractivity contribution is -0.129. The Hall–Kier alpha value is -1.31. The van der Waals surface area contributed by atoms with Gasteiger partial charge in [0.25, 0.3) is 0 Å². The number of hydrogen-bond acceptors (Lipinski definition) is 2. The number of carbonyl (C=O) groups excluding carboxylic acids is 1. The van der Waals surface area contributed by atoms with Crippen molar-refractivity contribution >= 4 is 5.78 Å². The standard InChI is InChI=1S/C20H26O2/c1-3-22-14-5-7-15-13(12-14)4-6-17-16(15)10-11-20(2)18(17)8-9-19(20)21/h5,7,12,16-18H,3-4,6,8-11H2,1-2H3/t16-,17-,18+,20+/m0/s1. The molecule has 2 fully saturated rings. The molecule has 0 amide bonds. The highest BCUT2D eigenvalue weighted by Crippen LogP contribution is 2.59. The summed E-state index contributed by atoms with van der Waals surface area (Å²) in [5.74, 6) is 3.56. The van der Waals surface area contributed by atoms with Crippen LogP contribution in [0.5, 0.6) is 5.75 Å². The highest BCUT2D eigenvalue weighted by molar-refractivity contribution is 5.87. The second-order valence-electron chi connectivity index (χ2n) is 7.63. The lowest BCUT2D eigenvalue weighted by Crippen LogP contribution is -2.42. The highest BCUT2D eigenvalue weighted by atomic mass is 16.5. The van der Waals surface area contributed by atoms with E-state index < -0.39 is 0 Å². The Labute approximate surface area is 133 Å². The molecule has 1 aromatic rings. The number of ether oxygens (including phenoxy) is 1. The topological polar surface area (TPSA) is 26.3 Å². The zero-order valence-corrected chi connectivity index (χ0v) is 13.7. The van der Waals surface area contributed by atoms with Crippen molar-refractivity contribution in [1.29, 1.82) is 0 Å². The third-order valence-electron chi connectivity index (χ3n) is 6.72. The molecule has 0 radical (unpaired) electrons. The highest BCUT2D eigenvalue weighted by Gasteiger charge is 2.54. The smallest absolute Gasteiger partial charge is 0.139 e. The van der Waals surface area contributed by atoms with Gasteiger partial charge in [0.1, 0.15) is 11.5 Å². The number of fused-ring (bicyclic) bond motifs is 5. The zero-order valence-electron chi connectivity index (χ0n) is 13.7. The second kappa shape index (κ2) is 5.11. The lowest BCUT2D eigenvalue weighted by atomic mass is 9.55. The van der Waals surface area contributed by atoms with Crippen LogP contribution >= 0.6 is 0 Å². The molecule has 0 N–H and O–H groups in total. The van der Waals surface area contributed by atoms with E-state index in [1.165, 1.54) is 18.4 Å². The summed E-state index contributed by atoms with van der Waals surface area (Å²) >= 11 is 0. The molecule has 0 aromatic heterocycles. The number of carbonyl (C=O) groups is 1. The normalized spacial score (nSPS) is 36.5. The first-order valence-corrected chi connectivity index (χ1v) is 8.92. The van der Waals surface area contributed by atoms with Crippen LogP contribution in [0.25, 0.3) is 0 Å². The minimum Gasteiger partial charge on any atom is -0.494 e. The summed E-state index contributed by atoms with van der Waals surface area (Å²) in [6.45, 7) is 5.01. The molecular weight excluding hydrogens is 272 g/mol. The minimum atomic E-state index is -0.00999. The molecule has 0 spiro atoms. The second-order valence-corrected chi connectivity index (χ2v) is 7.63. The molecule has 4 rings (SSSR count). The largest absolute Gasteiger partial charge is 0.494 e. The molecule has 3 aliphatic carbocycles. The van der Waals surface area contributed by atoms with E-state index in [1.54, 1.807) is 5.56 Å². The van der Waals surface area contributed by atoms with Gasteiger partial charge in [0, 0.05) is 11.8 Å². The number of ketones is 1. The van der Waals surface area contributed by atoms with Crippen molar-refractivity contribution < 1.29 is 9.53 Å². The van der Waals surface area contributed by atoms with Gasteiger partial charge in [-0.1, -0.05) is 13.0 Å². The van der Waals surface area contributed by atoms with Crippen molar-refractivity contribution in [2.45, 2.75) is 58.3 Å². The molecule has 2 nitrogen and oxygen atoms in total. The average molecular weight is 298 g/mol. The third kappa shape index (κ3) is 1.96. The Balaban J connectivity index is 1.66. The number of rotatable bonds is 2. The van der Waals surface area contributed by atoms with Crippen LogP contribution < -0.4 is 4.74 Å². The van der Waals surface area contributed by atoms with Crippen LogP contribution in [0, 0.1) is 17.3 Å². The minimum absolute atomic E-state index is 0.00999. The SMILES string of the molecule is CCOc1ccc2c(c1)CC[C@@H]1[C@H]3CCC(=O)[C@]3(C)CC[C@@H]21. The van der Waals surface area contributed by atoms with Crippen molar-refractivity contribution in [3.8, 4) is 5.75 Å². The van der Waals surface area contributed by atoms with Gasteiger partial charge in [0.2, 0.25) is 0 Å². The Bertz CT molecular complexity index is 606. The molecule has 0 saturated heterocycles. The van der Waals surface area contributed by atoms with Gasteiger partial charge in [0.15, 0.2) is 0 Å². The lowest BCUT2D eigenvalue weighted by Gasteiger charge is -2.48. The van der Waals surface area contributed by atoms with Gasteiger partial charge < -0.3 is 4.74 Å². The van der Waals surface area contributed by atoms with Gasteiger partial charge in [-0.3, -0.25) is 4.79 Å². The fourth-order valence-corrected chi connectivity index (χ4v) is 5.59. The van der Waals surface area contributed by atoms with Crippen LogP contribution in [0.3, 0.4) is 0 Å². The zero-order chi connectivity index (χ0) is 15.3. The maximum Gasteiger partial charge on any atom is 0.139 e. The molecule has 0 aliphatic heterocycles. The summed E-state index contributed by atoms with van der Waals surface area (Å²) in [4.78, 5) is 12.4. The predicted molar refractivity (Wildman–Crippen MR) is 87.2 cm³/mol. The van der Waals surface area contributed by atoms with Crippen LogP contribution in [0.15, 0.2) is 18.2 Å². The quantitative estimate of drug-likeness (QED) is 0.803. The van der Waals surface area contributed by atoms with Crippen LogP contribution in [0.1, 0.15) is 63.0 Å². The molecule has 3 aliphatic rings. The van der Waals surface area contributed by atoms with Gasteiger partial charge in [-0.05, 0) is 80.0 Å². The summed E-state index contributed by atoms with van der Waals surface area (Å²) in [7, 11) is 0. The van der Waals surface area contributed by atoms with Crippen molar-refractivity contribution in [3.05, 3.63) is 29.3 Å².